The van der Waals surface area contributed by atoms with E-state index in [0.717, 1.165) is 26.2 Å². The molecule has 114 valence electrons. The molecule has 0 aromatic heterocycles. The molecular formula is C14H21Cl3N2O. The van der Waals surface area contributed by atoms with Crippen molar-refractivity contribution in [1.29, 1.82) is 0 Å². The quantitative estimate of drug-likeness (QED) is 0.856. The van der Waals surface area contributed by atoms with E-state index in [2.05, 4.69) is 17.1 Å². The highest BCUT2D eigenvalue weighted by atomic mass is 35.5. The minimum absolute atomic E-state index is 0. The van der Waals surface area contributed by atoms with Gasteiger partial charge in [-0.15, -0.1) is 24.8 Å². The fourth-order valence-corrected chi connectivity index (χ4v) is 2.46. The van der Waals surface area contributed by atoms with Crippen molar-refractivity contribution in [2.45, 2.75) is 19.4 Å². The molecule has 1 heterocycles. The van der Waals surface area contributed by atoms with Crippen LogP contribution in [0.15, 0.2) is 24.3 Å². The maximum Gasteiger partial charge on any atom is 0.164 e. The minimum atomic E-state index is 0. The zero-order valence-corrected chi connectivity index (χ0v) is 13.9. The molecule has 1 atom stereocenters. The maximum absolute atomic E-state index is 12.0. The summed E-state index contributed by atoms with van der Waals surface area (Å²) in [6.45, 7) is 6.05. The molecule has 1 fully saturated rings. The minimum Gasteiger partial charge on any atom is -0.314 e. The summed E-state index contributed by atoms with van der Waals surface area (Å²) in [4.78, 5) is 14.4. The topological polar surface area (TPSA) is 32.3 Å². The molecule has 2 rings (SSSR count). The lowest BCUT2D eigenvalue weighted by atomic mass is 10.1. The summed E-state index contributed by atoms with van der Waals surface area (Å²) >= 11 is 5.89. The Bertz CT molecular complexity index is 429. The first-order valence-electron chi connectivity index (χ1n) is 6.40. The molecule has 0 radical (unpaired) electrons. The number of halogens is 3. The van der Waals surface area contributed by atoms with Gasteiger partial charge in [0.15, 0.2) is 5.78 Å². The van der Waals surface area contributed by atoms with E-state index in [4.69, 9.17) is 11.6 Å². The summed E-state index contributed by atoms with van der Waals surface area (Å²) in [5, 5.41) is 3.97. The van der Waals surface area contributed by atoms with Gasteiger partial charge in [-0.2, -0.15) is 0 Å². The number of piperazine rings is 1. The molecule has 3 nitrogen and oxygen atoms in total. The molecule has 1 saturated heterocycles. The Morgan fingerprint density at radius 1 is 1.45 bits per heavy atom. The van der Waals surface area contributed by atoms with Crippen LogP contribution in [0.4, 0.5) is 0 Å². The molecule has 0 aliphatic carbocycles. The fraction of sp³-hybridized carbons (Fsp3) is 0.500. The van der Waals surface area contributed by atoms with Crippen molar-refractivity contribution in [2.75, 3.05) is 26.2 Å². The first-order valence-corrected chi connectivity index (χ1v) is 6.78. The number of hydrogen-bond acceptors (Lipinski definition) is 3. The number of benzene rings is 1. The van der Waals surface area contributed by atoms with E-state index < -0.39 is 0 Å². The third-order valence-corrected chi connectivity index (χ3v) is 3.65. The van der Waals surface area contributed by atoms with Gasteiger partial charge in [0.2, 0.25) is 0 Å². The molecule has 1 aliphatic heterocycles. The van der Waals surface area contributed by atoms with Crippen LogP contribution in [0.3, 0.4) is 0 Å². The Balaban J connectivity index is 0.00000180. The van der Waals surface area contributed by atoms with Crippen molar-refractivity contribution in [1.82, 2.24) is 10.2 Å². The lowest BCUT2D eigenvalue weighted by Gasteiger charge is -2.33. The van der Waals surface area contributed by atoms with Crippen molar-refractivity contribution in [3.63, 3.8) is 0 Å². The van der Waals surface area contributed by atoms with Gasteiger partial charge in [-0.05, 0) is 19.1 Å². The molecule has 1 aromatic rings. The predicted molar refractivity (Wildman–Crippen MR) is 88.8 cm³/mol. The van der Waals surface area contributed by atoms with Gasteiger partial charge in [0, 0.05) is 49.2 Å². The number of Topliss-reactive ketones (excluding diaryl/α,β-unsaturated/α-hetero) is 1. The highest BCUT2D eigenvalue weighted by Crippen LogP contribution is 2.13. The Kier molecular flexibility index (Phi) is 9.43. The monoisotopic (exact) mass is 338 g/mol. The Morgan fingerprint density at radius 3 is 2.85 bits per heavy atom. The van der Waals surface area contributed by atoms with E-state index in [9.17, 15) is 4.79 Å². The first-order chi connectivity index (χ1) is 8.66. The van der Waals surface area contributed by atoms with Gasteiger partial charge in [-0.3, -0.25) is 9.69 Å². The number of nitrogens with one attached hydrogen (secondary N) is 1. The second-order valence-corrected chi connectivity index (χ2v) is 5.21. The van der Waals surface area contributed by atoms with Crippen molar-refractivity contribution >= 4 is 42.2 Å². The second-order valence-electron chi connectivity index (χ2n) is 4.77. The van der Waals surface area contributed by atoms with Crippen LogP contribution in [0, 0.1) is 0 Å². The van der Waals surface area contributed by atoms with Crippen LogP contribution in [-0.2, 0) is 0 Å². The number of ketones is 1. The van der Waals surface area contributed by atoms with Crippen LogP contribution in [0.25, 0.3) is 0 Å². The Labute approximate surface area is 137 Å². The fourth-order valence-electron chi connectivity index (χ4n) is 2.27. The molecule has 0 spiro atoms. The van der Waals surface area contributed by atoms with Crippen LogP contribution in [0.1, 0.15) is 23.7 Å². The van der Waals surface area contributed by atoms with Gasteiger partial charge in [0.1, 0.15) is 0 Å². The number of carbonyl (C=O) groups is 1. The Morgan fingerprint density at radius 2 is 2.20 bits per heavy atom. The van der Waals surface area contributed by atoms with Crippen molar-refractivity contribution in [3.05, 3.63) is 34.9 Å². The van der Waals surface area contributed by atoms with E-state index in [1.807, 2.05) is 12.1 Å². The van der Waals surface area contributed by atoms with Crippen molar-refractivity contribution in [2.24, 2.45) is 0 Å². The molecule has 1 aromatic carbocycles. The highest BCUT2D eigenvalue weighted by molar-refractivity contribution is 6.31. The van der Waals surface area contributed by atoms with Gasteiger partial charge < -0.3 is 5.32 Å². The number of carbonyl (C=O) groups excluding carboxylic acids is 1. The van der Waals surface area contributed by atoms with E-state index in [-0.39, 0.29) is 30.6 Å². The summed E-state index contributed by atoms with van der Waals surface area (Å²) in [5.41, 5.74) is 0.713. The number of rotatable bonds is 4. The zero-order chi connectivity index (χ0) is 13.0. The largest absolute Gasteiger partial charge is 0.314 e. The van der Waals surface area contributed by atoms with Gasteiger partial charge in [-0.25, -0.2) is 0 Å². The standard InChI is InChI=1S/C14H19ClN2O.2ClH/c1-11-10-16-6-8-17(11)7-5-14(18)12-3-2-4-13(15)9-12;;/h2-4,9,11,16H,5-8,10H2,1H3;2*1H. The Hall–Kier alpha value is -0.320. The smallest absolute Gasteiger partial charge is 0.164 e. The average molecular weight is 340 g/mol. The van der Waals surface area contributed by atoms with E-state index in [1.165, 1.54) is 0 Å². The normalized spacial score (nSPS) is 18.8. The summed E-state index contributed by atoms with van der Waals surface area (Å²) < 4.78 is 0. The maximum atomic E-state index is 12.0. The SMILES string of the molecule is CC1CNCCN1CCC(=O)c1cccc(Cl)c1.Cl.Cl. The molecular weight excluding hydrogens is 319 g/mol. The van der Waals surface area contributed by atoms with Gasteiger partial charge in [0.05, 0.1) is 0 Å². The van der Waals surface area contributed by atoms with Gasteiger partial charge >= 0.3 is 0 Å². The third-order valence-electron chi connectivity index (χ3n) is 3.41. The van der Waals surface area contributed by atoms with Crippen molar-refractivity contribution in [3.8, 4) is 0 Å². The highest BCUT2D eigenvalue weighted by Gasteiger charge is 2.18. The van der Waals surface area contributed by atoms with Gasteiger partial charge in [0.25, 0.3) is 0 Å². The average Bonchev–Trinajstić information content (AvgIpc) is 2.37. The van der Waals surface area contributed by atoms with E-state index >= 15 is 0 Å². The predicted octanol–water partition coefficient (Wildman–Crippen LogP) is 3.05. The van der Waals surface area contributed by atoms with Crippen molar-refractivity contribution < 1.29 is 4.79 Å². The summed E-state index contributed by atoms with van der Waals surface area (Å²) in [6, 6.07) is 7.69. The zero-order valence-electron chi connectivity index (χ0n) is 11.5. The van der Waals surface area contributed by atoms with Crippen LogP contribution < -0.4 is 5.32 Å². The van der Waals surface area contributed by atoms with Crippen LogP contribution in [0.5, 0.6) is 0 Å². The van der Waals surface area contributed by atoms with Crippen LogP contribution in [-0.4, -0.2) is 42.9 Å². The molecule has 1 aliphatic rings. The van der Waals surface area contributed by atoms with E-state index in [0.29, 0.717) is 23.0 Å². The van der Waals surface area contributed by atoms with Gasteiger partial charge in [-0.1, -0.05) is 23.7 Å². The molecule has 1 N–H and O–H groups in total. The van der Waals surface area contributed by atoms with E-state index in [1.54, 1.807) is 12.1 Å². The third kappa shape index (κ3) is 5.58. The number of nitrogens with zero attached hydrogens (tertiary/aromatic N) is 1. The molecule has 0 saturated carbocycles. The van der Waals surface area contributed by atoms with Crippen LogP contribution in [0.2, 0.25) is 5.02 Å². The van der Waals surface area contributed by atoms with Crippen LogP contribution >= 0.6 is 36.4 Å². The molecule has 6 heteroatoms. The second kappa shape index (κ2) is 9.59. The molecule has 1 unspecified atom stereocenters. The molecule has 0 bridgehead atoms. The summed E-state index contributed by atoms with van der Waals surface area (Å²) in [7, 11) is 0. The molecule has 20 heavy (non-hydrogen) atoms. The summed E-state index contributed by atoms with van der Waals surface area (Å²) in [5.74, 6) is 0.170. The first kappa shape index (κ1) is 19.7. The lowest BCUT2D eigenvalue weighted by molar-refractivity contribution is 0.0942. The molecule has 0 amide bonds. The lowest BCUT2D eigenvalue weighted by Crippen LogP contribution is -2.50. The number of hydrogen-bond donors (Lipinski definition) is 1. The summed E-state index contributed by atoms with van der Waals surface area (Å²) in [6.07, 6.45) is 0.560.